The maximum atomic E-state index is 9.75. The molecule has 1 aliphatic rings. The maximum Gasteiger partial charge on any atom is 0.119 e. The molecule has 0 amide bonds. The Morgan fingerprint density at radius 3 is 2.71 bits per heavy atom. The Morgan fingerprint density at radius 2 is 2.00 bits per heavy atom. The number of halogens is 1. The molecule has 0 aliphatic carbocycles. The van der Waals surface area contributed by atoms with Gasteiger partial charge in [0.1, 0.15) is 5.75 Å². The van der Waals surface area contributed by atoms with Crippen molar-refractivity contribution in [2.45, 2.75) is 18.8 Å². The fourth-order valence-electron chi connectivity index (χ4n) is 1.99. The van der Waals surface area contributed by atoms with Gasteiger partial charge in [-0.15, -0.1) is 0 Å². The molecule has 2 rings (SSSR count). The third-order valence-corrected chi connectivity index (χ3v) is 3.26. The Labute approximate surface area is 92.5 Å². The summed E-state index contributed by atoms with van der Waals surface area (Å²) in [6.45, 7) is 2.10. The van der Waals surface area contributed by atoms with E-state index < -0.39 is 0 Å². The average molecular weight is 256 g/mol. The lowest BCUT2D eigenvalue weighted by atomic mass is 9.90. The Bertz CT molecular complexity index is 321. The molecule has 14 heavy (non-hydrogen) atoms. The molecule has 0 atom stereocenters. The van der Waals surface area contributed by atoms with Crippen molar-refractivity contribution in [2.24, 2.45) is 0 Å². The van der Waals surface area contributed by atoms with Crippen molar-refractivity contribution in [3.63, 3.8) is 0 Å². The normalized spacial score (nSPS) is 18.4. The SMILES string of the molecule is Oc1ccc(Br)cc1C1CCNCC1. The summed E-state index contributed by atoms with van der Waals surface area (Å²) in [6, 6.07) is 5.67. The molecule has 0 bridgehead atoms. The minimum absolute atomic E-state index is 0.431. The molecule has 1 aliphatic heterocycles. The van der Waals surface area contributed by atoms with E-state index in [2.05, 4.69) is 21.2 Å². The molecule has 76 valence electrons. The standard InChI is InChI=1S/C11H14BrNO/c12-9-1-2-11(14)10(7-9)8-3-5-13-6-4-8/h1-2,7-8,13-14H,3-6H2. The molecule has 0 spiro atoms. The number of rotatable bonds is 1. The van der Waals surface area contributed by atoms with Gasteiger partial charge in [-0.25, -0.2) is 0 Å². The fourth-order valence-corrected chi connectivity index (χ4v) is 2.36. The van der Waals surface area contributed by atoms with Crippen molar-refractivity contribution >= 4 is 15.9 Å². The van der Waals surface area contributed by atoms with Crippen LogP contribution in [-0.4, -0.2) is 18.2 Å². The Morgan fingerprint density at radius 1 is 1.29 bits per heavy atom. The highest BCUT2D eigenvalue weighted by Gasteiger charge is 2.18. The smallest absolute Gasteiger partial charge is 0.119 e. The van der Waals surface area contributed by atoms with Crippen LogP contribution in [-0.2, 0) is 0 Å². The molecule has 0 unspecified atom stereocenters. The lowest BCUT2D eigenvalue weighted by Gasteiger charge is -2.23. The topological polar surface area (TPSA) is 32.3 Å². The Hall–Kier alpha value is -0.540. The number of hydrogen-bond donors (Lipinski definition) is 2. The highest BCUT2D eigenvalue weighted by Crippen LogP contribution is 2.33. The van der Waals surface area contributed by atoms with Gasteiger partial charge in [0, 0.05) is 4.47 Å². The van der Waals surface area contributed by atoms with Gasteiger partial charge in [-0.05, 0) is 55.6 Å². The van der Waals surface area contributed by atoms with Gasteiger partial charge in [0.2, 0.25) is 0 Å². The van der Waals surface area contributed by atoms with Crippen molar-refractivity contribution in [1.29, 1.82) is 0 Å². The first kappa shape index (κ1) is 9.99. The van der Waals surface area contributed by atoms with E-state index in [9.17, 15) is 5.11 Å². The van der Waals surface area contributed by atoms with E-state index in [0.29, 0.717) is 11.7 Å². The van der Waals surface area contributed by atoms with Crippen molar-refractivity contribution < 1.29 is 5.11 Å². The van der Waals surface area contributed by atoms with E-state index in [0.717, 1.165) is 36.0 Å². The number of nitrogens with one attached hydrogen (secondary N) is 1. The lowest BCUT2D eigenvalue weighted by molar-refractivity contribution is 0.424. The van der Waals surface area contributed by atoms with Crippen molar-refractivity contribution in [2.75, 3.05) is 13.1 Å². The van der Waals surface area contributed by atoms with E-state index in [1.807, 2.05) is 12.1 Å². The summed E-state index contributed by atoms with van der Waals surface area (Å²) in [7, 11) is 0. The van der Waals surface area contributed by atoms with E-state index >= 15 is 0 Å². The second-order valence-corrected chi connectivity index (χ2v) is 4.64. The summed E-state index contributed by atoms with van der Waals surface area (Å²) in [5.74, 6) is 0.939. The molecule has 1 saturated heterocycles. The zero-order chi connectivity index (χ0) is 9.97. The summed E-state index contributed by atoms with van der Waals surface area (Å²) in [5.41, 5.74) is 1.08. The van der Waals surface area contributed by atoms with E-state index in [1.165, 1.54) is 0 Å². The molecule has 1 heterocycles. The van der Waals surface area contributed by atoms with Gasteiger partial charge < -0.3 is 10.4 Å². The molecule has 0 aromatic heterocycles. The molecule has 2 nitrogen and oxygen atoms in total. The van der Waals surface area contributed by atoms with Gasteiger partial charge in [0.25, 0.3) is 0 Å². The molecule has 0 radical (unpaired) electrons. The molecular weight excluding hydrogens is 242 g/mol. The summed E-state index contributed by atoms with van der Waals surface area (Å²) < 4.78 is 1.05. The summed E-state index contributed by atoms with van der Waals surface area (Å²) in [5, 5.41) is 13.1. The highest BCUT2D eigenvalue weighted by molar-refractivity contribution is 9.10. The van der Waals surface area contributed by atoms with Gasteiger partial charge in [-0.1, -0.05) is 15.9 Å². The van der Waals surface area contributed by atoms with Gasteiger partial charge in [0.05, 0.1) is 0 Å². The number of hydrogen-bond acceptors (Lipinski definition) is 2. The first-order chi connectivity index (χ1) is 6.77. The predicted molar refractivity (Wildman–Crippen MR) is 60.7 cm³/mol. The second kappa shape index (κ2) is 4.32. The van der Waals surface area contributed by atoms with Gasteiger partial charge >= 0.3 is 0 Å². The Balaban J connectivity index is 2.24. The third kappa shape index (κ3) is 2.10. The summed E-state index contributed by atoms with van der Waals surface area (Å²) in [6.07, 6.45) is 2.23. The van der Waals surface area contributed by atoms with Crippen LogP contribution in [0.3, 0.4) is 0 Å². The third-order valence-electron chi connectivity index (χ3n) is 2.77. The molecule has 2 N–H and O–H groups in total. The lowest BCUT2D eigenvalue weighted by Crippen LogP contribution is -2.26. The molecule has 1 aromatic carbocycles. The van der Waals surface area contributed by atoms with Crippen LogP contribution in [0.5, 0.6) is 5.75 Å². The van der Waals surface area contributed by atoms with Crippen LogP contribution in [0.15, 0.2) is 22.7 Å². The average Bonchev–Trinajstić information content (AvgIpc) is 2.23. The molecule has 3 heteroatoms. The number of phenolic OH excluding ortho intramolecular Hbond substituents is 1. The van der Waals surface area contributed by atoms with Crippen LogP contribution in [0.1, 0.15) is 24.3 Å². The van der Waals surface area contributed by atoms with Gasteiger partial charge in [-0.2, -0.15) is 0 Å². The van der Waals surface area contributed by atoms with Crippen molar-refractivity contribution in [3.05, 3.63) is 28.2 Å². The summed E-state index contributed by atoms with van der Waals surface area (Å²) >= 11 is 3.44. The van der Waals surface area contributed by atoms with E-state index in [1.54, 1.807) is 6.07 Å². The second-order valence-electron chi connectivity index (χ2n) is 3.73. The van der Waals surface area contributed by atoms with Crippen LogP contribution in [0.4, 0.5) is 0 Å². The van der Waals surface area contributed by atoms with Gasteiger partial charge in [0.15, 0.2) is 0 Å². The Kier molecular flexibility index (Phi) is 3.08. The van der Waals surface area contributed by atoms with Crippen LogP contribution in [0.25, 0.3) is 0 Å². The predicted octanol–water partition coefficient (Wildman–Crippen LogP) is 2.62. The summed E-state index contributed by atoms with van der Waals surface area (Å²) in [4.78, 5) is 0. The minimum Gasteiger partial charge on any atom is -0.508 e. The van der Waals surface area contributed by atoms with Crippen molar-refractivity contribution in [1.82, 2.24) is 5.32 Å². The largest absolute Gasteiger partial charge is 0.508 e. The highest BCUT2D eigenvalue weighted by atomic mass is 79.9. The quantitative estimate of drug-likeness (QED) is 0.809. The van der Waals surface area contributed by atoms with Crippen LogP contribution < -0.4 is 5.32 Å². The number of benzene rings is 1. The number of aromatic hydroxyl groups is 1. The van der Waals surface area contributed by atoms with E-state index in [4.69, 9.17) is 0 Å². The van der Waals surface area contributed by atoms with Crippen LogP contribution >= 0.6 is 15.9 Å². The zero-order valence-corrected chi connectivity index (χ0v) is 9.55. The molecule has 1 aromatic rings. The maximum absolute atomic E-state index is 9.75. The monoisotopic (exact) mass is 255 g/mol. The number of piperidine rings is 1. The molecular formula is C11H14BrNO. The number of phenols is 1. The minimum atomic E-state index is 0.431. The van der Waals surface area contributed by atoms with Crippen molar-refractivity contribution in [3.8, 4) is 5.75 Å². The fraction of sp³-hybridized carbons (Fsp3) is 0.455. The first-order valence-electron chi connectivity index (χ1n) is 4.96. The first-order valence-corrected chi connectivity index (χ1v) is 5.76. The molecule has 1 fully saturated rings. The van der Waals surface area contributed by atoms with Gasteiger partial charge in [-0.3, -0.25) is 0 Å². The van der Waals surface area contributed by atoms with Crippen LogP contribution in [0.2, 0.25) is 0 Å². The zero-order valence-electron chi connectivity index (χ0n) is 7.96. The molecule has 0 saturated carbocycles. The van der Waals surface area contributed by atoms with E-state index in [-0.39, 0.29) is 0 Å². The van der Waals surface area contributed by atoms with Crippen LogP contribution in [0, 0.1) is 0 Å².